The Balaban J connectivity index is 2.05. The zero-order valence-electron chi connectivity index (χ0n) is 6.68. The summed E-state index contributed by atoms with van der Waals surface area (Å²) in [4.78, 5) is 0. The number of rotatable bonds is 4. The Hall–Kier alpha value is -0.0800. The Morgan fingerprint density at radius 3 is 2.80 bits per heavy atom. The van der Waals surface area contributed by atoms with Gasteiger partial charge in [-0.05, 0) is 13.0 Å². The summed E-state index contributed by atoms with van der Waals surface area (Å²) in [5.41, 5.74) is 5.52. The van der Waals surface area contributed by atoms with Gasteiger partial charge in [0.25, 0.3) is 0 Å². The van der Waals surface area contributed by atoms with Crippen LogP contribution in [-0.4, -0.2) is 19.3 Å². The molecule has 0 amide bonds. The van der Waals surface area contributed by atoms with E-state index < -0.39 is 0 Å². The molecule has 0 saturated carbocycles. The van der Waals surface area contributed by atoms with E-state index in [4.69, 9.17) is 10.5 Å². The van der Waals surface area contributed by atoms with E-state index in [0.29, 0.717) is 12.0 Å². The maximum absolute atomic E-state index is 5.52. The lowest BCUT2D eigenvalue weighted by molar-refractivity contribution is -0.113. The van der Waals surface area contributed by atoms with Crippen molar-refractivity contribution in [2.75, 3.05) is 13.2 Å². The predicted octanol–water partition coefficient (Wildman–Crippen LogP) is 1.15. The highest BCUT2D eigenvalue weighted by atomic mass is 16.5. The molecule has 0 spiro atoms. The highest BCUT2D eigenvalue weighted by molar-refractivity contribution is 4.78. The summed E-state index contributed by atoms with van der Waals surface area (Å²) in [5.74, 6) is 0.659. The molecule has 10 heavy (non-hydrogen) atoms. The van der Waals surface area contributed by atoms with E-state index in [-0.39, 0.29) is 0 Å². The summed E-state index contributed by atoms with van der Waals surface area (Å²) >= 11 is 0. The number of hydrogen-bond acceptors (Lipinski definition) is 2. The molecule has 1 rings (SSSR count). The first kappa shape index (κ1) is 8.02. The topological polar surface area (TPSA) is 35.2 Å². The van der Waals surface area contributed by atoms with E-state index in [9.17, 15) is 0 Å². The molecule has 2 N–H and O–H groups in total. The fourth-order valence-electron chi connectivity index (χ4n) is 1.31. The highest BCUT2D eigenvalue weighted by Gasteiger charge is 2.29. The molecule has 1 saturated heterocycles. The van der Waals surface area contributed by atoms with Crippen LogP contribution in [0, 0.1) is 5.92 Å². The second-order valence-electron chi connectivity index (χ2n) is 3.01. The molecular weight excluding hydrogens is 126 g/mol. The molecular formula is C8H17NO. The Morgan fingerprint density at radius 2 is 2.40 bits per heavy atom. The molecule has 0 aromatic carbocycles. The van der Waals surface area contributed by atoms with Crippen LogP contribution in [0.2, 0.25) is 0 Å². The van der Waals surface area contributed by atoms with E-state index in [1.54, 1.807) is 0 Å². The lowest BCUT2D eigenvalue weighted by Gasteiger charge is -2.36. The Labute approximate surface area is 62.7 Å². The van der Waals surface area contributed by atoms with Gasteiger partial charge in [0.15, 0.2) is 0 Å². The molecule has 1 aliphatic heterocycles. The molecule has 60 valence electrons. The minimum absolute atomic E-state index is 0.491. The zero-order valence-corrected chi connectivity index (χ0v) is 6.68. The van der Waals surface area contributed by atoms with Crippen LogP contribution in [0.5, 0.6) is 0 Å². The summed E-state index contributed by atoms with van der Waals surface area (Å²) < 4.78 is 5.36. The molecule has 0 radical (unpaired) electrons. The van der Waals surface area contributed by atoms with Gasteiger partial charge < -0.3 is 10.5 Å². The molecule has 0 aromatic heterocycles. The van der Waals surface area contributed by atoms with Crippen molar-refractivity contribution in [3.8, 4) is 0 Å². The summed E-state index contributed by atoms with van der Waals surface area (Å²) in [6, 6.07) is 0. The minimum Gasteiger partial charge on any atom is -0.377 e. The zero-order chi connectivity index (χ0) is 7.40. The lowest BCUT2D eigenvalue weighted by Crippen LogP contribution is -2.44. The largest absolute Gasteiger partial charge is 0.377 e. The standard InChI is InChI=1S/C8H17NO/c1-2-3-4-8-7(5-9)6-10-8/h7-8H,2-6,9H2,1H3. The SMILES string of the molecule is CCCCC1OCC1CN. The number of hydrogen-bond donors (Lipinski definition) is 1. The number of ether oxygens (including phenoxy) is 1. The van der Waals surface area contributed by atoms with Gasteiger partial charge in [0.1, 0.15) is 0 Å². The third-order valence-corrected chi connectivity index (χ3v) is 2.20. The van der Waals surface area contributed by atoms with Crippen molar-refractivity contribution in [1.29, 1.82) is 0 Å². The third-order valence-electron chi connectivity index (χ3n) is 2.20. The molecule has 2 atom stereocenters. The Morgan fingerprint density at radius 1 is 1.60 bits per heavy atom. The number of nitrogens with two attached hydrogens (primary N) is 1. The Bertz CT molecular complexity index is 93.3. The Kier molecular flexibility index (Phi) is 3.16. The van der Waals surface area contributed by atoms with Gasteiger partial charge in [0.2, 0.25) is 0 Å². The molecule has 1 fully saturated rings. The normalized spacial score (nSPS) is 31.8. The van der Waals surface area contributed by atoms with Crippen LogP contribution in [-0.2, 0) is 4.74 Å². The van der Waals surface area contributed by atoms with Crippen LogP contribution in [0.4, 0.5) is 0 Å². The second kappa shape index (κ2) is 3.94. The van der Waals surface area contributed by atoms with Crippen molar-refractivity contribution >= 4 is 0 Å². The van der Waals surface area contributed by atoms with Crippen LogP contribution in [0.15, 0.2) is 0 Å². The average Bonchev–Trinajstić information content (AvgIpc) is 1.88. The van der Waals surface area contributed by atoms with Crippen LogP contribution < -0.4 is 5.73 Å². The van der Waals surface area contributed by atoms with Gasteiger partial charge in [-0.25, -0.2) is 0 Å². The van der Waals surface area contributed by atoms with E-state index in [1.807, 2.05) is 0 Å². The van der Waals surface area contributed by atoms with Gasteiger partial charge in [0, 0.05) is 5.92 Å². The van der Waals surface area contributed by atoms with Crippen LogP contribution >= 0.6 is 0 Å². The maximum atomic E-state index is 5.52. The van der Waals surface area contributed by atoms with Crippen molar-refractivity contribution in [2.24, 2.45) is 11.7 Å². The fourth-order valence-corrected chi connectivity index (χ4v) is 1.31. The van der Waals surface area contributed by atoms with E-state index >= 15 is 0 Å². The molecule has 0 bridgehead atoms. The van der Waals surface area contributed by atoms with Gasteiger partial charge in [0.05, 0.1) is 12.7 Å². The predicted molar refractivity (Wildman–Crippen MR) is 41.8 cm³/mol. The summed E-state index contributed by atoms with van der Waals surface area (Å²) in [6.07, 6.45) is 4.24. The van der Waals surface area contributed by atoms with E-state index in [1.165, 1.54) is 19.3 Å². The molecule has 2 heteroatoms. The minimum atomic E-state index is 0.491. The molecule has 2 nitrogen and oxygen atoms in total. The van der Waals surface area contributed by atoms with Gasteiger partial charge in [-0.1, -0.05) is 19.8 Å². The van der Waals surface area contributed by atoms with Crippen molar-refractivity contribution in [1.82, 2.24) is 0 Å². The highest BCUT2D eigenvalue weighted by Crippen LogP contribution is 2.23. The maximum Gasteiger partial charge on any atom is 0.0637 e. The molecule has 0 aliphatic carbocycles. The molecule has 2 unspecified atom stereocenters. The first-order valence-electron chi connectivity index (χ1n) is 4.20. The molecule has 0 aromatic rings. The van der Waals surface area contributed by atoms with Crippen molar-refractivity contribution in [3.05, 3.63) is 0 Å². The quantitative estimate of drug-likeness (QED) is 0.640. The van der Waals surface area contributed by atoms with Crippen molar-refractivity contribution < 1.29 is 4.74 Å². The fraction of sp³-hybridized carbons (Fsp3) is 1.00. The second-order valence-corrected chi connectivity index (χ2v) is 3.01. The first-order valence-corrected chi connectivity index (χ1v) is 4.20. The van der Waals surface area contributed by atoms with Gasteiger partial charge in [-0.2, -0.15) is 0 Å². The van der Waals surface area contributed by atoms with Gasteiger partial charge in [-0.15, -0.1) is 0 Å². The van der Waals surface area contributed by atoms with Crippen molar-refractivity contribution in [2.45, 2.75) is 32.3 Å². The van der Waals surface area contributed by atoms with Crippen molar-refractivity contribution in [3.63, 3.8) is 0 Å². The third kappa shape index (κ3) is 1.70. The monoisotopic (exact) mass is 143 g/mol. The summed E-state index contributed by atoms with van der Waals surface area (Å²) in [6.45, 7) is 3.90. The first-order chi connectivity index (χ1) is 4.88. The lowest BCUT2D eigenvalue weighted by atomic mass is 9.94. The number of unbranched alkanes of at least 4 members (excludes halogenated alkanes) is 1. The smallest absolute Gasteiger partial charge is 0.0637 e. The van der Waals surface area contributed by atoms with Gasteiger partial charge in [-0.3, -0.25) is 0 Å². The molecule has 1 aliphatic rings. The van der Waals surface area contributed by atoms with Gasteiger partial charge >= 0.3 is 0 Å². The van der Waals surface area contributed by atoms with Crippen LogP contribution in [0.25, 0.3) is 0 Å². The molecule has 1 heterocycles. The van der Waals surface area contributed by atoms with Crippen LogP contribution in [0.1, 0.15) is 26.2 Å². The van der Waals surface area contributed by atoms with E-state index in [2.05, 4.69) is 6.92 Å². The summed E-state index contributed by atoms with van der Waals surface area (Å²) in [5, 5.41) is 0. The van der Waals surface area contributed by atoms with E-state index in [0.717, 1.165) is 13.2 Å². The summed E-state index contributed by atoms with van der Waals surface area (Å²) in [7, 11) is 0. The average molecular weight is 143 g/mol. The van der Waals surface area contributed by atoms with Crippen LogP contribution in [0.3, 0.4) is 0 Å².